The number of sulfonamides is 1. The first-order valence-corrected chi connectivity index (χ1v) is 12.9. The molecule has 1 amide bonds. The van der Waals surface area contributed by atoms with Crippen LogP contribution in [0.5, 0.6) is 0 Å². The van der Waals surface area contributed by atoms with Gasteiger partial charge in [0.05, 0.1) is 11.4 Å². The Hall–Kier alpha value is -3.23. The quantitative estimate of drug-likeness (QED) is 0.583. The maximum atomic E-state index is 14.1. The van der Waals surface area contributed by atoms with Crippen LogP contribution in [0.15, 0.2) is 77.7 Å². The Balaban J connectivity index is 1.27. The van der Waals surface area contributed by atoms with Gasteiger partial charge in [-0.05, 0) is 55.2 Å². The van der Waals surface area contributed by atoms with E-state index < -0.39 is 15.8 Å². The van der Waals surface area contributed by atoms with E-state index in [4.69, 9.17) is 0 Å². The van der Waals surface area contributed by atoms with Crippen LogP contribution in [0, 0.1) is 11.7 Å². The number of halogens is 1. The predicted molar refractivity (Wildman–Crippen MR) is 130 cm³/mol. The molecule has 1 saturated heterocycles. The average Bonchev–Trinajstić information content (AvgIpc) is 3.29. The Kier molecular flexibility index (Phi) is 6.10. The van der Waals surface area contributed by atoms with Crippen molar-refractivity contribution in [3.63, 3.8) is 0 Å². The second kappa shape index (κ2) is 9.19. The van der Waals surface area contributed by atoms with E-state index in [-0.39, 0.29) is 29.8 Å². The number of hydrogen-bond acceptors (Lipinski definition) is 4. The molecule has 2 aliphatic rings. The summed E-state index contributed by atoms with van der Waals surface area (Å²) < 4.78 is 41.0. The van der Waals surface area contributed by atoms with Crippen molar-refractivity contribution < 1.29 is 17.6 Å². The highest BCUT2D eigenvalue weighted by Gasteiger charge is 2.34. The molecular weight excluding hydrogens is 453 g/mol. The number of anilines is 3. The van der Waals surface area contributed by atoms with Gasteiger partial charge in [0.15, 0.2) is 0 Å². The lowest BCUT2D eigenvalue weighted by Gasteiger charge is -2.31. The van der Waals surface area contributed by atoms with Crippen molar-refractivity contribution in [3.05, 3.63) is 84.2 Å². The Labute approximate surface area is 199 Å². The molecule has 0 unspecified atom stereocenters. The normalized spacial score (nSPS) is 16.9. The molecule has 1 fully saturated rings. The summed E-state index contributed by atoms with van der Waals surface area (Å²) in [5.74, 6) is -1.20. The summed E-state index contributed by atoms with van der Waals surface area (Å²) in [5, 5.41) is 3.07. The van der Waals surface area contributed by atoms with Crippen molar-refractivity contribution >= 4 is 33.0 Å². The largest absolute Gasteiger partial charge is 0.339 e. The van der Waals surface area contributed by atoms with Gasteiger partial charge in [0.25, 0.3) is 0 Å². The summed E-state index contributed by atoms with van der Waals surface area (Å²) in [7, 11) is -3.93. The summed E-state index contributed by atoms with van der Waals surface area (Å²) in [4.78, 5) is 15.0. The van der Waals surface area contributed by atoms with Crippen LogP contribution in [0.3, 0.4) is 0 Å². The van der Waals surface area contributed by atoms with Gasteiger partial charge >= 0.3 is 0 Å². The molecule has 2 aliphatic heterocycles. The number of nitrogens with zero attached hydrogens (tertiary/aromatic N) is 2. The molecular formula is C26H26FN3O3S. The molecule has 3 aromatic carbocycles. The van der Waals surface area contributed by atoms with E-state index in [1.54, 1.807) is 0 Å². The van der Waals surface area contributed by atoms with Gasteiger partial charge in [0.2, 0.25) is 15.9 Å². The number of para-hydroxylation sites is 3. The molecule has 0 atom stereocenters. The van der Waals surface area contributed by atoms with Crippen LogP contribution >= 0.6 is 0 Å². The highest BCUT2D eigenvalue weighted by Crippen LogP contribution is 2.38. The number of rotatable bonds is 5. The molecule has 5 rings (SSSR count). The minimum atomic E-state index is -3.93. The Bertz CT molecular complexity index is 1320. The number of carbonyl (C=O) groups is 1. The van der Waals surface area contributed by atoms with Gasteiger partial charge in [0, 0.05) is 31.2 Å². The Morgan fingerprint density at radius 2 is 1.50 bits per heavy atom. The summed E-state index contributed by atoms with van der Waals surface area (Å²) in [6.07, 6.45) is 1.72. The second-order valence-corrected chi connectivity index (χ2v) is 10.6. The molecule has 0 aliphatic carbocycles. The van der Waals surface area contributed by atoms with Gasteiger partial charge in [-0.1, -0.05) is 42.5 Å². The smallest absolute Gasteiger partial charge is 0.245 e. The molecule has 0 saturated carbocycles. The zero-order chi connectivity index (χ0) is 23.7. The zero-order valence-electron chi connectivity index (χ0n) is 18.7. The van der Waals surface area contributed by atoms with E-state index in [9.17, 15) is 17.6 Å². The third-order valence-electron chi connectivity index (χ3n) is 6.62. The fourth-order valence-electron chi connectivity index (χ4n) is 4.79. The maximum Gasteiger partial charge on any atom is 0.245 e. The summed E-state index contributed by atoms with van der Waals surface area (Å²) in [6.45, 7) is 1.20. The van der Waals surface area contributed by atoms with Crippen molar-refractivity contribution in [2.24, 2.45) is 5.92 Å². The molecule has 0 bridgehead atoms. The summed E-state index contributed by atoms with van der Waals surface area (Å²) >= 11 is 0. The molecule has 2 heterocycles. The van der Waals surface area contributed by atoms with Crippen LogP contribution in [0.2, 0.25) is 0 Å². The zero-order valence-corrected chi connectivity index (χ0v) is 19.5. The summed E-state index contributed by atoms with van der Waals surface area (Å²) in [6, 6.07) is 21.4. The van der Waals surface area contributed by atoms with Crippen LogP contribution in [-0.2, 0) is 21.2 Å². The van der Waals surface area contributed by atoms with Crippen LogP contribution in [0.1, 0.15) is 18.4 Å². The highest BCUT2D eigenvalue weighted by molar-refractivity contribution is 7.89. The Morgan fingerprint density at radius 1 is 0.853 bits per heavy atom. The van der Waals surface area contributed by atoms with Gasteiger partial charge in [-0.2, -0.15) is 4.31 Å². The van der Waals surface area contributed by atoms with Crippen molar-refractivity contribution in [2.45, 2.75) is 24.2 Å². The van der Waals surface area contributed by atoms with Gasteiger partial charge in [0.1, 0.15) is 10.7 Å². The topological polar surface area (TPSA) is 69.7 Å². The summed E-state index contributed by atoms with van der Waals surface area (Å²) in [5.41, 5.74) is 4.12. The first-order chi connectivity index (χ1) is 16.4. The van der Waals surface area contributed by atoms with Crippen molar-refractivity contribution in [3.8, 4) is 0 Å². The number of hydrogen-bond donors (Lipinski definition) is 1. The van der Waals surface area contributed by atoms with Crippen LogP contribution in [-0.4, -0.2) is 38.3 Å². The van der Waals surface area contributed by atoms with E-state index in [0.29, 0.717) is 12.8 Å². The number of carbonyl (C=O) groups excluding carboxylic acids is 1. The van der Waals surface area contributed by atoms with Crippen molar-refractivity contribution in [2.75, 3.05) is 29.9 Å². The van der Waals surface area contributed by atoms with E-state index in [0.717, 1.165) is 36.1 Å². The fraction of sp³-hybridized carbons (Fsp3) is 0.269. The van der Waals surface area contributed by atoms with Crippen molar-refractivity contribution in [1.29, 1.82) is 0 Å². The number of fused-ring (bicyclic) bond motifs is 1. The number of piperidine rings is 1. The average molecular weight is 480 g/mol. The van der Waals surface area contributed by atoms with Crippen LogP contribution < -0.4 is 10.2 Å². The van der Waals surface area contributed by atoms with E-state index in [1.807, 2.05) is 36.4 Å². The minimum Gasteiger partial charge on any atom is -0.339 e. The Morgan fingerprint density at radius 3 is 2.26 bits per heavy atom. The van der Waals surface area contributed by atoms with Crippen molar-refractivity contribution in [1.82, 2.24) is 4.31 Å². The number of nitrogens with one attached hydrogen (secondary N) is 1. The monoisotopic (exact) mass is 479 g/mol. The first kappa shape index (κ1) is 22.6. The fourth-order valence-corrected chi connectivity index (χ4v) is 6.32. The highest BCUT2D eigenvalue weighted by atomic mass is 32.2. The lowest BCUT2D eigenvalue weighted by molar-refractivity contribution is -0.120. The molecule has 1 N–H and O–H groups in total. The van der Waals surface area contributed by atoms with Crippen LogP contribution in [0.25, 0.3) is 0 Å². The third-order valence-corrected chi connectivity index (χ3v) is 8.55. The predicted octanol–water partition coefficient (Wildman–Crippen LogP) is 4.56. The van der Waals surface area contributed by atoms with Gasteiger partial charge in [-0.3, -0.25) is 4.79 Å². The molecule has 176 valence electrons. The molecule has 8 heteroatoms. The van der Waals surface area contributed by atoms with Gasteiger partial charge in [-0.25, -0.2) is 12.8 Å². The standard InChI is InChI=1S/C26H26FN3O3S/c27-21-8-2-6-12-25(21)34(32,33)29-16-13-20(14-17-29)26(31)28-22-9-3-5-11-24(22)30-18-15-19-7-1-4-10-23(19)30/h1-12,20H,13-18H2,(H,28,31). The molecule has 6 nitrogen and oxygen atoms in total. The lowest BCUT2D eigenvalue weighted by atomic mass is 9.97. The molecule has 3 aromatic rings. The SMILES string of the molecule is O=C(Nc1ccccc1N1CCc2ccccc21)C1CCN(S(=O)(=O)c2ccccc2F)CC1. The van der Waals surface area contributed by atoms with E-state index in [2.05, 4.69) is 22.3 Å². The number of amides is 1. The molecule has 0 aromatic heterocycles. The minimum absolute atomic E-state index is 0.122. The molecule has 0 radical (unpaired) electrons. The number of benzene rings is 3. The van der Waals surface area contributed by atoms with E-state index in [1.165, 1.54) is 28.1 Å². The molecule has 0 spiro atoms. The van der Waals surface area contributed by atoms with Gasteiger partial charge in [-0.15, -0.1) is 0 Å². The molecule has 34 heavy (non-hydrogen) atoms. The lowest BCUT2D eigenvalue weighted by Crippen LogP contribution is -2.41. The van der Waals surface area contributed by atoms with Gasteiger partial charge < -0.3 is 10.2 Å². The van der Waals surface area contributed by atoms with Crippen LogP contribution in [0.4, 0.5) is 21.5 Å². The second-order valence-electron chi connectivity index (χ2n) is 8.65. The first-order valence-electron chi connectivity index (χ1n) is 11.4. The maximum absolute atomic E-state index is 14.1. The van der Waals surface area contributed by atoms with E-state index >= 15 is 0 Å². The third kappa shape index (κ3) is 4.19.